The van der Waals surface area contributed by atoms with Crippen molar-refractivity contribution in [3.63, 3.8) is 0 Å². The van der Waals surface area contributed by atoms with Crippen LogP contribution in [-0.4, -0.2) is 47.6 Å². The number of rotatable bonds is 8. The Labute approximate surface area is 172 Å². The summed E-state index contributed by atoms with van der Waals surface area (Å²) in [6, 6.07) is 2.00. The summed E-state index contributed by atoms with van der Waals surface area (Å²) in [6.45, 7) is 1.44. The van der Waals surface area contributed by atoms with Crippen molar-refractivity contribution in [2.75, 3.05) is 13.1 Å². The molecule has 0 saturated heterocycles. The molecule has 6 nitrogen and oxygen atoms in total. The largest absolute Gasteiger partial charge is 0.454 e. The number of nitrogens with zero attached hydrogens (tertiary/aromatic N) is 4. The summed E-state index contributed by atoms with van der Waals surface area (Å²) in [5, 5.41) is 12.8. The predicted molar refractivity (Wildman–Crippen MR) is 103 cm³/mol. The van der Waals surface area contributed by atoms with Gasteiger partial charge in [0.1, 0.15) is 12.2 Å². The Kier molecular flexibility index (Phi) is 7.10. The third-order valence-electron chi connectivity index (χ3n) is 5.82. The summed E-state index contributed by atoms with van der Waals surface area (Å²) >= 11 is 0. The van der Waals surface area contributed by atoms with Gasteiger partial charge in [-0.3, -0.25) is 0 Å². The fourth-order valence-corrected chi connectivity index (χ4v) is 3.99. The molecule has 30 heavy (non-hydrogen) atoms. The molecule has 2 N–H and O–H groups in total. The fourth-order valence-electron chi connectivity index (χ4n) is 3.99. The zero-order valence-electron chi connectivity index (χ0n) is 16.8. The molecule has 1 fully saturated rings. The van der Waals surface area contributed by atoms with Crippen molar-refractivity contribution in [2.24, 2.45) is 27.2 Å². The number of alkyl halides is 5. The average molecular weight is 434 g/mol. The Morgan fingerprint density at radius 1 is 1.23 bits per heavy atom. The van der Waals surface area contributed by atoms with Crippen molar-refractivity contribution >= 4 is 12.2 Å². The van der Waals surface area contributed by atoms with E-state index in [9.17, 15) is 22.0 Å². The maximum Gasteiger partial charge on any atom is 0.454 e. The Morgan fingerprint density at radius 2 is 1.97 bits per heavy atom. The molecule has 1 aliphatic heterocycles. The van der Waals surface area contributed by atoms with Crippen molar-refractivity contribution in [2.45, 2.75) is 63.7 Å². The van der Waals surface area contributed by atoms with Crippen molar-refractivity contribution in [3.05, 3.63) is 17.8 Å². The maximum absolute atomic E-state index is 13.0. The Bertz CT molecular complexity index is 736. The van der Waals surface area contributed by atoms with Crippen molar-refractivity contribution in [3.8, 4) is 0 Å². The number of fused-ring (bicyclic) bond motifs is 1. The van der Waals surface area contributed by atoms with Crippen LogP contribution >= 0.6 is 0 Å². The predicted octanol–water partition coefficient (Wildman–Crippen LogP) is 5.23. The molecule has 3 rings (SSSR count). The lowest BCUT2D eigenvalue weighted by Gasteiger charge is -2.32. The van der Waals surface area contributed by atoms with E-state index >= 15 is 0 Å². The Morgan fingerprint density at radius 3 is 2.63 bits per heavy atom. The first-order valence-electron chi connectivity index (χ1n) is 10.2. The highest BCUT2D eigenvalue weighted by molar-refractivity contribution is 5.64. The van der Waals surface area contributed by atoms with Gasteiger partial charge in [-0.1, -0.05) is 12.1 Å². The topological polar surface area (TPSA) is 68.1 Å². The molecule has 168 valence electrons. The lowest BCUT2D eigenvalue weighted by Crippen LogP contribution is -2.46. The minimum absolute atomic E-state index is 0.0505. The number of nitrogens with one attached hydrogen (secondary N) is 2. The van der Waals surface area contributed by atoms with E-state index in [2.05, 4.69) is 25.6 Å². The second kappa shape index (κ2) is 9.40. The average Bonchev–Trinajstić information content (AvgIpc) is 3.16. The molecule has 1 atom stereocenters. The number of hydrogen-bond acceptors (Lipinski definition) is 4. The molecule has 1 saturated carbocycles. The molecule has 1 aliphatic carbocycles. The molecule has 2 heterocycles. The molecular weight excluding hydrogens is 407 g/mol. The van der Waals surface area contributed by atoms with Gasteiger partial charge in [-0.25, -0.2) is 10.0 Å². The molecule has 11 heteroatoms. The number of aromatic nitrogens is 1. The molecule has 1 unspecified atom stereocenters. The van der Waals surface area contributed by atoms with Gasteiger partial charge in [0.15, 0.2) is 0 Å². The van der Waals surface area contributed by atoms with Crippen LogP contribution in [0.4, 0.5) is 27.8 Å². The van der Waals surface area contributed by atoms with E-state index in [1.807, 2.05) is 19.2 Å². The fraction of sp³-hybridized carbons (Fsp3) is 0.737. The van der Waals surface area contributed by atoms with Crippen molar-refractivity contribution < 1.29 is 22.0 Å². The van der Waals surface area contributed by atoms with Crippen molar-refractivity contribution in [1.82, 2.24) is 15.3 Å². The minimum Gasteiger partial charge on any atom is -0.346 e. The summed E-state index contributed by atoms with van der Waals surface area (Å²) in [6.07, 6.45) is 2.04. The third kappa shape index (κ3) is 5.55. The van der Waals surface area contributed by atoms with Crippen LogP contribution in [0.3, 0.4) is 0 Å². The third-order valence-corrected chi connectivity index (χ3v) is 5.82. The van der Waals surface area contributed by atoms with Crippen LogP contribution in [0.25, 0.3) is 0 Å². The SMILES string of the molecule is CCC(N=NN1C=Nc2[nH]ccc2C1)C1CCC(CNCC(F)(F)C(F)(F)F)CC1. The molecular formula is C19H27F5N6. The van der Waals surface area contributed by atoms with Crippen LogP contribution in [0.1, 0.15) is 44.6 Å². The number of H-pyrrole nitrogens is 1. The minimum atomic E-state index is -5.52. The van der Waals surface area contributed by atoms with Gasteiger partial charge in [-0.05, 0) is 56.6 Å². The van der Waals surface area contributed by atoms with E-state index in [1.54, 1.807) is 11.3 Å². The molecule has 0 radical (unpaired) electrons. The first kappa shape index (κ1) is 22.6. The summed E-state index contributed by atoms with van der Waals surface area (Å²) in [4.78, 5) is 7.32. The highest BCUT2D eigenvalue weighted by Gasteiger charge is 2.56. The zero-order valence-corrected chi connectivity index (χ0v) is 16.8. The van der Waals surface area contributed by atoms with Crippen molar-refractivity contribution in [1.29, 1.82) is 0 Å². The van der Waals surface area contributed by atoms with Gasteiger partial charge in [0.2, 0.25) is 0 Å². The zero-order chi connectivity index (χ0) is 21.8. The quantitative estimate of drug-likeness (QED) is 0.435. The van der Waals surface area contributed by atoms with Gasteiger partial charge >= 0.3 is 12.1 Å². The maximum atomic E-state index is 13.0. The van der Waals surface area contributed by atoms with E-state index in [-0.39, 0.29) is 18.5 Å². The molecule has 0 amide bonds. The molecule has 0 bridgehead atoms. The molecule has 1 aromatic heterocycles. The van der Waals surface area contributed by atoms with Gasteiger partial charge in [-0.2, -0.15) is 27.1 Å². The highest BCUT2D eigenvalue weighted by atomic mass is 19.4. The normalized spacial score (nSPS) is 23.7. The molecule has 0 spiro atoms. The monoisotopic (exact) mass is 434 g/mol. The summed E-state index contributed by atoms with van der Waals surface area (Å²) < 4.78 is 62.6. The van der Waals surface area contributed by atoms with E-state index in [0.29, 0.717) is 12.5 Å². The first-order chi connectivity index (χ1) is 14.2. The van der Waals surface area contributed by atoms with Gasteiger partial charge < -0.3 is 10.3 Å². The number of hydrogen-bond donors (Lipinski definition) is 2. The molecule has 2 aliphatic rings. The summed E-state index contributed by atoms with van der Waals surface area (Å²) in [5.74, 6) is -3.44. The van der Waals surface area contributed by atoms with E-state index < -0.39 is 18.6 Å². The van der Waals surface area contributed by atoms with Crippen LogP contribution in [-0.2, 0) is 6.54 Å². The van der Waals surface area contributed by atoms with Crippen LogP contribution < -0.4 is 5.32 Å². The standard InChI is InChI=1S/C19H27F5N6/c1-2-16(28-29-30-10-15-7-8-26-17(15)27-12-30)14-5-3-13(4-6-14)9-25-11-18(20,21)19(22,23)24/h7-8,12-14,16,25-26H,2-6,9-11H2,1H3. The van der Waals surface area contributed by atoms with Gasteiger partial charge in [0.25, 0.3) is 0 Å². The van der Waals surface area contributed by atoms with Crippen LogP contribution in [0.2, 0.25) is 0 Å². The molecule has 0 aromatic carbocycles. The number of aromatic amines is 1. The first-order valence-corrected chi connectivity index (χ1v) is 10.2. The summed E-state index contributed by atoms with van der Waals surface area (Å²) in [7, 11) is 0. The van der Waals surface area contributed by atoms with Crippen LogP contribution in [0.5, 0.6) is 0 Å². The summed E-state index contributed by atoms with van der Waals surface area (Å²) in [5.41, 5.74) is 1.05. The smallest absolute Gasteiger partial charge is 0.346 e. The number of aliphatic imine (C=N–C) groups is 1. The van der Waals surface area contributed by atoms with E-state index in [4.69, 9.17) is 0 Å². The van der Waals surface area contributed by atoms with Gasteiger partial charge in [0, 0.05) is 11.8 Å². The Balaban J connectivity index is 1.42. The lowest BCUT2D eigenvalue weighted by molar-refractivity contribution is -0.279. The van der Waals surface area contributed by atoms with Crippen LogP contribution in [0, 0.1) is 11.8 Å². The van der Waals surface area contributed by atoms with Gasteiger partial charge in [0.05, 0.1) is 19.1 Å². The molecule has 1 aromatic rings. The second-order valence-electron chi connectivity index (χ2n) is 7.99. The van der Waals surface area contributed by atoms with Crippen LogP contribution in [0.15, 0.2) is 27.6 Å². The van der Waals surface area contributed by atoms with E-state index in [1.165, 1.54) is 0 Å². The van der Waals surface area contributed by atoms with Gasteiger partial charge in [-0.15, -0.1) is 0 Å². The lowest BCUT2D eigenvalue weighted by atomic mass is 9.78. The van der Waals surface area contributed by atoms with E-state index in [0.717, 1.165) is 43.5 Å². The number of halogens is 5. The highest BCUT2D eigenvalue weighted by Crippen LogP contribution is 2.36. The second-order valence-corrected chi connectivity index (χ2v) is 7.99. The Hall–Kier alpha value is -2.04.